The van der Waals surface area contributed by atoms with Crippen LogP contribution < -0.4 is 0 Å². The molecule has 0 amide bonds. The lowest BCUT2D eigenvalue weighted by Gasteiger charge is -2.29. The Balaban J connectivity index is 1.91. The van der Waals surface area contributed by atoms with E-state index in [0.29, 0.717) is 6.67 Å². The van der Waals surface area contributed by atoms with Gasteiger partial charge in [-0.1, -0.05) is 6.92 Å². The summed E-state index contributed by atoms with van der Waals surface area (Å²) < 4.78 is 1.63. The van der Waals surface area contributed by atoms with Crippen molar-refractivity contribution in [1.29, 1.82) is 0 Å². The Labute approximate surface area is 94.0 Å². The first kappa shape index (κ1) is 11.1. The summed E-state index contributed by atoms with van der Waals surface area (Å²) >= 11 is 0. The third kappa shape index (κ3) is 2.57. The normalized spacial score (nSPS) is 18.8. The number of hydrogen-bond acceptors (Lipinski definition) is 4. The van der Waals surface area contributed by atoms with Crippen molar-refractivity contribution in [3.05, 3.63) is 22.5 Å². The van der Waals surface area contributed by atoms with Crippen LogP contribution in [0.4, 0.5) is 5.69 Å². The number of nitrogens with zero attached hydrogens (tertiary/aromatic N) is 4. The molecule has 0 bridgehead atoms. The van der Waals surface area contributed by atoms with Gasteiger partial charge in [-0.2, -0.15) is 5.10 Å². The SMILES string of the molecule is CC1CCN(Cn2cc([N+](=O)[O-])cn2)CC1. The molecule has 0 aromatic carbocycles. The second kappa shape index (κ2) is 4.61. The second-order valence-electron chi connectivity index (χ2n) is 4.44. The summed E-state index contributed by atoms with van der Waals surface area (Å²) in [6.07, 6.45) is 5.18. The van der Waals surface area contributed by atoms with E-state index in [1.165, 1.54) is 25.2 Å². The molecule has 16 heavy (non-hydrogen) atoms. The molecule has 0 atom stereocenters. The van der Waals surface area contributed by atoms with E-state index in [1.807, 2.05) is 0 Å². The quantitative estimate of drug-likeness (QED) is 0.576. The third-order valence-corrected chi connectivity index (χ3v) is 3.05. The molecule has 0 radical (unpaired) electrons. The van der Waals surface area contributed by atoms with E-state index < -0.39 is 4.92 Å². The van der Waals surface area contributed by atoms with Gasteiger partial charge in [-0.15, -0.1) is 0 Å². The maximum atomic E-state index is 10.5. The molecule has 0 saturated carbocycles. The predicted molar refractivity (Wildman–Crippen MR) is 58.9 cm³/mol. The third-order valence-electron chi connectivity index (χ3n) is 3.05. The van der Waals surface area contributed by atoms with Crippen molar-refractivity contribution in [2.24, 2.45) is 5.92 Å². The Morgan fingerprint density at radius 1 is 1.56 bits per heavy atom. The minimum atomic E-state index is -0.415. The predicted octanol–water partition coefficient (Wildman–Crippen LogP) is 1.48. The van der Waals surface area contributed by atoms with E-state index >= 15 is 0 Å². The van der Waals surface area contributed by atoms with E-state index in [-0.39, 0.29) is 5.69 Å². The summed E-state index contributed by atoms with van der Waals surface area (Å²) in [4.78, 5) is 12.3. The Kier molecular flexibility index (Phi) is 3.19. The first-order valence-corrected chi connectivity index (χ1v) is 5.54. The molecule has 1 fully saturated rings. The van der Waals surface area contributed by atoms with Crippen LogP contribution >= 0.6 is 0 Å². The molecular weight excluding hydrogens is 208 g/mol. The number of piperidine rings is 1. The molecule has 1 aromatic heterocycles. The van der Waals surface area contributed by atoms with Gasteiger partial charge in [-0.25, -0.2) is 0 Å². The lowest BCUT2D eigenvalue weighted by atomic mass is 10.00. The molecule has 1 aromatic rings. The van der Waals surface area contributed by atoms with Crippen molar-refractivity contribution >= 4 is 5.69 Å². The zero-order chi connectivity index (χ0) is 11.5. The van der Waals surface area contributed by atoms with Crippen molar-refractivity contribution in [3.8, 4) is 0 Å². The van der Waals surface area contributed by atoms with E-state index in [4.69, 9.17) is 0 Å². The number of likely N-dealkylation sites (tertiary alicyclic amines) is 1. The Morgan fingerprint density at radius 2 is 2.25 bits per heavy atom. The van der Waals surface area contributed by atoms with Crippen molar-refractivity contribution in [1.82, 2.24) is 14.7 Å². The average molecular weight is 224 g/mol. The fraction of sp³-hybridized carbons (Fsp3) is 0.700. The fourth-order valence-electron chi connectivity index (χ4n) is 1.93. The number of aromatic nitrogens is 2. The molecule has 6 heteroatoms. The van der Waals surface area contributed by atoms with E-state index in [9.17, 15) is 10.1 Å². The highest BCUT2D eigenvalue weighted by Gasteiger charge is 2.17. The largest absolute Gasteiger partial charge is 0.307 e. The van der Waals surface area contributed by atoms with Crippen LogP contribution in [-0.4, -0.2) is 32.7 Å². The number of hydrogen-bond donors (Lipinski definition) is 0. The van der Waals surface area contributed by atoms with Crippen molar-refractivity contribution in [2.75, 3.05) is 13.1 Å². The van der Waals surface area contributed by atoms with Gasteiger partial charge in [0.05, 0.1) is 11.6 Å². The number of nitro groups is 1. The summed E-state index contributed by atoms with van der Waals surface area (Å²) in [5.41, 5.74) is 0.0605. The van der Waals surface area contributed by atoms with Gasteiger partial charge in [-0.05, 0) is 18.8 Å². The zero-order valence-electron chi connectivity index (χ0n) is 9.37. The average Bonchev–Trinajstić information content (AvgIpc) is 2.70. The standard InChI is InChI=1S/C10H16N4O2/c1-9-2-4-12(5-3-9)8-13-7-10(6-11-13)14(15)16/h6-7,9H,2-5,8H2,1H3. The van der Waals surface area contributed by atoms with Gasteiger partial charge < -0.3 is 0 Å². The molecule has 2 rings (SSSR count). The molecule has 2 heterocycles. The smallest absolute Gasteiger partial charge is 0.284 e. The van der Waals surface area contributed by atoms with Gasteiger partial charge in [-0.3, -0.25) is 19.7 Å². The van der Waals surface area contributed by atoms with Crippen LogP contribution in [0, 0.1) is 16.0 Å². The molecule has 0 unspecified atom stereocenters. The van der Waals surface area contributed by atoms with Gasteiger partial charge in [0, 0.05) is 13.1 Å². The van der Waals surface area contributed by atoms with Crippen molar-refractivity contribution < 1.29 is 4.92 Å². The molecule has 0 spiro atoms. The maximum absolute atomic E-state index is 10.5. The zero-order valence-corrected chi connectivity index (χ0v) is 9.37. The lowest BCUT2D eigenvalue weighted by Crippen LogP contribution is -2.34. The molecule has 6 nitrogen and oxygen atoms in total. The first-order valence-electron chi connectivity index (χ1n) is 5.54. The minimum Gasteiger partial charge on any atom is -0.284 e. The highest BCUT2D eigenvalue weighted by Crippen LogP contribution is 2.17. The molecule has 88 valence electrons. The molecular formula is C10H16N4O2. The molecule has 0 N–H and O–H groups in total. The van der Waals surface area contributed by atoms with Crippen LogP contribution in [0.15, 0.2) is 12.4 Å². The van der Waals surface area contributed by atoms with Crippen LogP contribution in [0.5, 0.6) is 0 Å². The topological polar surface area (TPSA) is 64.2 Å². The minimum absolute atomic E-state index is 0.0605. The van der Waals surface area contributed by atoms with Crippen molar-refractivity contribution in [3.63, 3.8) is 0 Å². The summed E-state index contributed by atoms with van der Waals surface area (Å²) in [6, 6.07) is 0. The van der Waals surface area contributed by atoms with Crippen LogP contribution in [0.3, 0.4) is 0 Å². The summed E-state index contributed by atoms with van der Waals surface area (Å²) in [7, 11) is 0. The molecule has 0 aliphatic carbocycles. The van der Waals surface area contributed by atoms with Crippen LogP contribution in [0.25, 0.3) is 0 Å². The van der Waals surface area contributed by atoms with Gasteiger partial charge in [0.1, 0.15) is 12.4 Å². The summed E-state index contributed by atoms with van der Waals surface area (Å²) in [6.45, 7) is 5.01. The van der Waals surface area contributed by atoms with Crippen LogP contribution in [-0.2, 0) is 6.67 Å². The highest BCUT2D eigenvalue weighted by molar-refractivity contribution is 5.20. The number of rotatable bonds is 3. The van der Waals surface area contributed by atoms with Gasteiger partial charge in [0.2, 0.25) is 0 Å². The fourth-order valence-corrected chi connectivity index (χ4v) is 1.93. The highest BCUT2D eigenvalue weighted by atomic mass is 16.6. The molecule has 1 aliphatic rings. The van der Waals surface area contributed by atoms with Gasteiger partial charge >= 0.3 is 5.69 Å². The van der Waals surface area contributed by atoms with Gasteiger partial charge in [0.25, 0.3) is 0 Å². The lowest BCUT2D eigenvalue weighted by molar-refractivity contribution is -0.385. The summed E-state index contributed by atoms with van der Waals surface area (Å²) in [5.74, 6) is 0.795. The molecule has 1 aliphatic heterocycles. The maximum Gasteiger partial charge on any atom is 0.307 e. The first-order chi connectivity index (χ1) is 7.65. The van der Waals surface area contributed by atoms with Crippen molar-refractivity contribution in [2.45, 2.75) is 26.4 Å². The van der Waals surface area contributed by atoms with E-state index in [2.05, 4.69) is 16.9 Å². The molecule has 1 saturated heterocycles. The van der Waals surface area contributed by atoms with E-state index in [0.717, 1.165) is 19.0 Å². The Bertz CT molecular complexity index is 369. The Morgan fingerprint density at radius 3 is 2.81 bits per heavy atom. The summed E-state index contributed by atoms with van der Waals surface area (Å²) in [5, 5.41) is 14.5. The van der Waals surface area contributed by atoms with Crippen LogP contribution in [0.2, 0.25) is 0 Å². The van der Waals surface area contributed by atoms with Crippen LogP contribution in [0.1, 0.15) is 19.8 Å². The second-order valence-corrected chi connectivity index (χ2v) is 4.44. The monoisotopic (exact) mass is 224 g/mol. The Hall–Kier alpha value is -1.43. The van der Waals surface area contributed by atoms with E-state index in [1.54, 1.807) is 4.68 Å². The van der Waals surface area contributed by atoms with Gasteiger partial charge in [0.15, 0.2) is 0 Å².